The van der Waals surface area contributed by atoms with Crippen molar-refractivity contribution in [1.29, 1.82) is 0 Å². The molecule has 4 nitrogen and oxygen atoms in total. The van der Waals surface area contributed by atoms with Crippen molar-refractivity contribution in [2.45, 2.75) is 39.7 Å². The summed E-state index contributed by atoms with van der Waals surface area (Å²) in [5.74, 6) is 0.0860. The summed E-state index contributed by atoms with van der Waals surface area (Å²) in [5, 5.41) is 14.7. The van der Waals surface area contributed by atoms with Crippen molar-refractivity contribution in [3.05, 3.63) is 0 Å². The number of carbonyl (C=O) groups is 1. The van der Waals surface area contributed by atoms with Crippen LogP contribution in [0.2, 0.25) is 0 Å². The quantitative estimate of drug-likeness (QED) is 0.554. The van der Waals surface area contributed by atoms with Crippen LogP contribution in [0.15, 0.2) is 0 Å². The molecule has 0 aliphatic rings. The van der Waals surface area contributed by atoms with Gasteiger partial charge < -0.3 is 15.7 Å². The van der Waals surface area contributed by atoms with Crippen LogP contribution in [-0.2, 0) is 4.79 Å². The first-order valence-corrected chi connectivity index (χ1v) is 5.73. The molecule has 2 atom stereocenters. The van der Waals surface area contributed by atoms with Gasteiger partial charge in [-0.15, -0.1) is 0 Å². The van der Waals surface area contributed by atoms with Crippen molar-refractivity contribution in [1.82, 2.24) is 10.6 Å². The van der Waals surface area contributed by atoms with Gasteiger partial charge in [0.05, 0.1) is 0 Å². The van der Waals surface area contributed by atoms with Crippen molar-refractivity contribution in [2.75, 3.05) is 19.7 Å². The van der Waals surface area contributed by atoms with Crippen LogP contribution in [0, 0.1) is 5.92 Å². The van der Waals surface area contributed by atoms with E-state index in [1.807, 2.05) is 20.8 Å². The highest BCUT2D eigenvalue weighted by Crippen LogP contribution is 1.99. The molecule has 15 heavy (non-hydrogen) atoms. The molecule has 3 N–H and O–H groups in total. The fourth-order valence-electron chi connectivity index (χ4n) is 1.31. The molecule has 90 valence electrons. The highest BCUT2D eigenvalue weighted by atomic mass is 16.2. The molecule has 0 saturated carbocycles. The SMILES string of the molecule is CCNCC(C)C(=O)NC(C)CCCO. The van der Waals surface area contributed by atoms with Gasteiger partial charge in [-0.3, -0.25) is 4.79 Å². The Morgan fingerprint density at radius 2 is 2.07 bits per heavy atom. The van der Waals surface area contributed by atoms with Gasteiger partial charge in [-0.1, -0.05) is 13.8 Å². The summed E-state index contributed by atoms with van der Waals surface area (Å²) in [6, 6.07) is 0.147. The van der Waals surface area contributed by atoms with E-state index < -0.39 is 0 Å². The lowest BCUT2D eigenvalue weighted by Gasteiger charge is -2.17. The van der Waals surface area contributed by atoms with Gasteiger partial charge >= 0.3 is 0 Å². The lowest BCUT2D eigenvalue weighted by Crippen LogP contribution is -2.39. The fraction of sp³-hybridized carbons (Fsp3) is 0.909. The van der Waals surface area contributed by atoms with Gasteiger partial charge in [0.1, 0.15) is 0 Å². The number of nitrogens with one attached hydrogen (secondary N) is 2. The van der Waals surface area contributed by atoms with Crippen LogP contribution in [0.25, 0.3) is 0 Å². The maximum Gasteiger partial charge on any atom is 0.224 e. The molecule has 2 unspecified atom stereocenters. The lowest BCUT2D eigenvalue weighted by atomic mass is 10.1. The minimum absolute atomic E-state index is 0.00141. The van der Waals surface area contributed by atoms with Crippen LogP contribution in [0.4, 0.5) is 0 Å². The summed E-state index contributed by atoms with van der Waals surface area (Å²) >= 11 is 0. The van der Waals surface area contributed by atoms with Gasteiger partial charge in [0.2, 0.25) is 5.91 Å². The molecule has 0 aliphatic carbocycles. The minimum Gasteiger partial charge on any atom is -0.396 e. The van der Waals surface area contributed by atoms with Crippen molar-refractivity contribution < 1.29 is 9.90 Å². The Morgan fingerprint density at radius 3 is 2.60 bits per heavy atom. The van der Waals surface area contributed by atoms with Gasteiger partial charge in [-0.2, -0.15) is 0 Å². The Labute approximate surface area is 92.4 Å². The summed E-state index contributed by atoms with van der Waals surface area (Å²) in [7, 11) is 0. The molecule has 0 aromatic carbocycles. The van der Waals surface area contributed by atoms with Crippen molar-refractivity contribution >= 4 is 5.91 Å². The highest BCUT2D eigenvalue weighted by molar-refractivity contribution is 5.78. The zero-order chi connectivity index (χ0) is 11.7. The third-order valence-corrected chi connectivity index (χ3v) is 2.33. The summed E-state index contributed by atoms with van der Waals surface area (Å²) in [4.78, 5) is 11.6. The molecule has 0 aromatic rings. The number of hydrogen-bond acceptors (Lipinski definition) is 3. The van der Waals surface area contributed by atoms with Gasteiger partial charge in [0.15, 0.2) is 0 Å². The van der Waals surface area contributed by atoms with Crippen LogP contribution < -0.4 is 10.6 Å². The van der Waals surface area contributed by atoms with Gasteiger partial charge in [-0.05, 0) is 26.3 Å². The Hall–Kier alpha value is -0.610. The van der Waals surface area contributed by atoms with E-state index in [0.717, 1.165) is 25.9 Å². The molecule has 4 heteroatoms. The van der Waals surface area contributed by atoms with Crippen LogP contribution in [-0.4, -0.2) is 36.8 Å². The number of amides is 1. The zero-order valence-electron chi connectivity index (χ0n) is 10.0. The van der Waals surface area contributed by atoms with Crippen LogP contribution in [0.1, 0.15) is 33.6 Å². The van der Waals surface area contributed by atoms with E-state index in [2.05, 4.69) is 10.6 Å². The molecule has 0 heterocycles. The molecular formula is C11H24N2O2. The third-order valence-electron chi connectivity index (χ3n) is 2.33. The molecular weight excluding hydrogens is 192 g/mol. The van der Waals surface area contributed by atoms with Gasteiger partial charge in [-0.25, -0.2) is 0 Å². The molecule has 0 fully saturated rings. The van der Waals surface area contributed by atoms with E-state index in [-0.39, 0.29) is 24.5 Å². The smallest absolute Gasteiger partial charge is 0.224 e. The number of aliphatic hydroxyl groups excluding tert-OH is 1. The first kappa shape index (κ1) is 14.4. The average molecular weight is 216 g/mol. The maximum absolute atomic E-state index is 11.6. The average Bonchev–Trinajstić information content (AvgIpc) is 2.22. The van der Waals surface area contributed by atoms with Crippen LogP contribution in [0.3, 0.4) is 0 Å². The van der Waals surface area contributed by atoms with Crippen molar-refractivity contribution in [2.24, 2.45) is 5.92 Å². The Kier molecular flexibility index (Phi) is 8.33. The monoisotopic (exact) mass is 216 g/mol. The van der Waals surface area contributed by atoms with Gasteiger partial charge in [0, 0.05) is 25.1 Å². The topological polar surface area (TPSA) is 61.4 Å². The minimum atomic E-state index is 0.00141. The lowest BCUT2D eigenvalue weighted by molar-refractivity contribution is -0.125. The molecule has 0 aromatic heterocycles. The van der Waals surface area contributed by atoms with Gasteiger partial charge in [0.25, 0.3) is 0 Å². The molecule has 0 radical (unpaired) electrons. The molecule has 0 aliphatic heterocycles. The second-order valence-electron chi connectivity index (χ2n) is 3.98. The number of rotatable bonds is 8. The second-order valence-corrected chi connectivity index (χ2v) is 3.98. The van der Waals surface area contributed by atoms with E-state index in [0.29, 0.717) is 0 Å². The summed E-state index contributed by atoms with van der Waals surface area (Å²) < 4.78 is 0. The van der Waals surface area contributed by atoms with E-state index >= 15 is 0 Å². The number of hydrogen-bond donors (Lipinski definition) is 3. The van der Waals surface area contributed by atoms with E-state index in [1.54, 1.807) is 0 Å². The third kappa shape index (κ3) is 7.33. The number of aliphatic hydroxyl groups is 1. The first-order chi connectivity index (χ1) is 7.11. The van der Waals surface area contributed by atoms with E-state index in [9.17, 15) is 4.79 Å². The Bertz CT molecular complexity index is 174. The summed E-state index contributed by atoms with van der Waals surface area (Å²) in [6.07, 6.45) is 1.57. The first-order valence-electron chi connectivity index (χ1n) is 5.73. The highest BCUT2D eigenvalue weighted by Gasteiger charge is 2.13. The standard InChI is InChI=1S/C11H24N2O2/c1-4-12-8-9(2)11(15)13-10(3)6-5-7-14/h9-10,12,14H,4-8H2,1-3H3,(H,13,15). The maximum atomic E-state index is 11.6. The van der Waals surface area contributed by atoms with E-state index in [4.69, 9.17) is 5.11 Å². The molecule has 0 spiro atoms. The second kappa shape index (κ2) is 8.68. The fourth-order valence-corrected chi connectivity index (χ4v) is 1.31. The van der Waals surface area contributed by atoms with Crippen molar-refractivity contribution in [3.63, 3.8) is 0 Å². The molecule has 0 rings (SSSR count). The normalized spacial score (nSPS) is 14.7. The number of carbonyl (C=O) groups excluding carboxylic acids is 1. The van der Waals surface area contributed by atoms with E-state index in [1.165, 1.54) is 0 Å². The summed E-state index contributed by atoms with van der Waals surface area (Å²) in [6.45, 7) is 7.69. The van der Waals surface area contributed by atoms with Crippen LogP contribution in [0.5, 0.6) is 0 Å². The Balaban J connectivity index is 3.70. The predicted molar refractivity (Wildman–Crippen MR) is 61.6 cm³/mol. The summed E-state index contributed by atoms with van der Waals surface area (Å²) in [5.41, 5.74) is 0. The molecule has 0 bridgehead atoms. The molecule has 0 saturated heterocycles. The largest absolute Gasteiger partial charge is 0.396 e. The molecule has 1 amide bonds. The zero-order valence-corrected chi connectivity index (χ0v) is 10.0. The Morgan fingerprint density at radius 1 is 1.40 bits per heavy atom. The van der Waals surface area contributed by atoms with Crippen molar-refractivity contribution in [3.8, 4) is 0 Å². The van der Waals surface area contributed by atoms with Crippen LogP contribution >= 0.6 is 0 Å². The predicted octanol–water partition coefficient (Wildman–Crippen LogP) is 0.509.